The second-order valence-corrected chi connectivity index (χ2v) is 6.29. The van der Waals surface area contributed by atoms with Crippen LogP contribution in [0.4, 0.5) is 0 Å². The summed E-state index contributed by atoms with van der Waals surface area (Å²) < 4.78 is 0. The highest BCUT2D eigenvalue weighted by molar-refractivity contribution is 7.09. The van der Waals surface area contributed by atoms with Crippen molar-refractivity contribution in [3.05, 3.63) is 57.8 Å². The molecule has 116 valence electrons. The van der Waals surface area contributed by atoms with E-state index in [1.165, 1.54) is 4.88 Å². The van der Waals surface area contributed by atoms with Gasteiger partial charge in [0.15, 0.2) is 0 Å². The van der Waals surface area contributed by atoms with Crippen molar-refractivity contribution in [2.24, 2.45) is 0 Å². The van der Waals surface area contributed by atoms with E-state index in [1.807, 2.05) is 35.7 Å². The maximum Gasteiger partial charge on any atom is 0.253 e. The van der Waals surface area contributed by atoms with Crippen LogP contribution in [0.3, 0.4) is 0 Å². The summed E-state index contributed by atoms with van der Waals surface area (Å²) >= 11 is 1.67. The molecule has 0 aliphatic carbocycles. The lowest BCUT2D eigenvalue weighted by Crippen LogP contribution is -2.24. The molecule has 2 rings (SSSR count). The molecular weight excluding hydrogens is 296 g/mol. The van der Waals surface area contributed by atoms with Crippen LogP contribution in [0.1, 0.15) is 27.2 Å². The molecule has 0 bridgehead atoms. The summed E-state index contributed by atoms with van der Waals surface area (Å²) in [6, 6.07) is 11.4. The SMILES string of the molecule is CN(C)C(=O)c1cccc(CNC(=O)CCc2cccs2)c1. The first-order valence-electron chi connectivity index (χ1n) is 7.16. The Labute approximate surface area is 134 Å². The maximum absolute atomic E-state index is 11.9. The average Bonchev–Trinajstić information content (AvgIpc) is 3.03. The van der Waals surface area contributed by atoms with E-state index in [2.05, 4.69) is 5.32 Å². The first-order valence-corrected chi connectivity index (χ1v) is 8.04. The maximum atomic E-state index is 11.9. The van der Waals surface area contributed by atoms with E-state index < -0.39 is 0 Å². The van der Waals surface area contributed by atoms with E-state index in [-0.39, 0.29) is 11.8 Å². The number of nitrogens with one attached hydrogen (secondary N) is 1. The van der Waals surface area contributed by atoms with Crippen LogP contribution in [-0.4, -0.2) is 30.8 Å². The molecule has 1 N–H and O–H groups in total. The van der Waals surface area contributed by atoms with Gasteiger partial charge in [0.25, 0.3) is 5.91 Å². The van der Waals surface area contributed by atoms with Gasteiger partial charge in [0, 0.05) is 37.5 Å². The molecule has 0 spiro atoms. The fraction of sp³-hybridized carbons (Fsp3) is 0.294. The molecular formula is C17H20N2O2S. The van der Waals surface area contributed by atoms with Gasteiger partial charge in [0.1, 0.15) is 0 Å². The second kappa shape index (κ2) is 7.75. The Morgan fingerprint density at radius 1 is 1.18 bits per heavy atom. The van der Waals surface area contributed by atoms with Crippen molar-refractivity contribution in [2.75, 3.05) is 14.1 Å². The fourth-order valence-electron chi connectivity index (χ4n) is 2.05. The summed E-state index contributed by atoms with van der Waals surface area (Å²) in [6.07, 6.45) is 1.25. The number of nitrogens with zero attached hydrogens (tertiary/aromatic N) is 1. The van der Waals surface area contributed by atoms with Crippen LogP contribution < -0.4 is 5.32 Å². The van der Waals surface area contributed by atoms with Crippen molar-refractivity contribution in [1.29, 1.82) is 0 Å². The van der Waals surface area contributed by atoms with Crippen molar-refractivity contribution >= 4 is 23.2 Å². The minimum absolute atomic E-state index is 0.0257. The number of carbonyl (C=O) groups is 2. The number of amides is 2. The largest absolute Gasteiger partial charge is 0.352 e. The van der Waals surface area contributed by atoms with Crippen LogP contribution >= 0.6 is 11.3 Å². The van der Waals surface area contributed by atoms with Gasteiger partial charge in [-0.2, -0.15) is 0 Å². The van der Waals surface area contributed by atoms with Gasteiger partial charge in [0.05, 0.1) is 0 Å². The van der Waals surface area contributed by atoms with Crippen LogP contribution in [0.5, 0.6) is 0 Å². The molecule has 4 nitrogen and oxygen atoms in total. The number of hydrogen-bond donors (Lipinski definition) is 1. The van der Waals surface area contributed by atoms with Crippen LogP contribution in [0.15, 0.2) is 41.8 Å². The van der Waals surface area contributed by atoms with Gasteiger partial charge >= 0.3 is 0 Å². The van der Waals surface area contributed by atoms with Gasteiger partial charge in [-0.3, -0.25) is 9.59 Å². The fourth-order valence-corrected chi connectivity index (χ4v) is 2.76. The minimum Gasteiger partial charge on any atom is -0.352 e. The summed E-state index contributed by atoms with van der Waals surface area (Å²) in [6.45, 7) is 0.442. The quantitative estimate of drug-likeness (QED) is 0.891. The van der Waals surface area contributed by atoms with E-state index in [9.17, 15) is 9.59 Å². The van der Waals surface area contributed by atoms with E-state index in [0.29, 0.717) is 18.5 Å². The molecule has 2 amide bonds. The summed E-state index contributed by atoms with van der Waals surface area (Å²) in [5.74, 6) is -0.0105. The Morgan fingerprint density at radius 3 is 2.68 bits per heavy atom. The molecule has 0 saturated carbocycles. The highest BCUT2D eigenvalue weighted by atomic mass is 32.1. The molecule has 1 aromatic carbocycles. The second-order valence-electron chi connectivity index (χ2n) is 5.26. The zero-order valence-corrected chi connectivity index (χ0v) is 13.7. The molecule has 1 aromatic heterocycles. The zero-order chi connectivity index (χ0) is 15.9. The van der Waals surface area contributed by atoms with Crippen LogP contribution in [0, 0.1) is 0 Å². The molecule has 0 aliphatic rings. The third kappa shape index (κ3) is 4.70. The van der Waals surface area contributed by atoms with Gasteiger partial charge in [-0.15, -0.1) is 11.3 Å². The molecule has 0 aliphatic heterocycles. The lowest BCUT2D eigenvalue weighted by Gasteiger charge is -2.11. The van der Waals surface area contributed by atoms with E-state index >= 15 is 0 Å². The zero-order valence-electron chi connectivity index (χ0n) is 12.8. The Kier molecular flexibility index (Phi) is 5.72. The minimum atomic E-state index is -0.0362. The van der Waals surface area contributed by atoms with Gasteiger partial charge in [0.2, 0.25) is 5.91 Å². The number of aryl methyl sites for hydroxylation is 1. The number of benzene rings is 1. The molecule has 2 aromatic rings. The Balaban J connectivity index is 1.84. The van der Waals surface area contributed by atoms with Crippen LogP contribution in [0.25, 0.3) is 0 Å². The van der Waals surface area contributed by atoms with E-state index in [4.69, 9.17) is 0 Å². The monoisotopic (exact) mass is 316 g/mol. The van der Waals surface area contributed by atoms with Gasteiger partial charge in [-0.25, -0.2) is 0 Å². The standard InChI is InChI=1S/C17H20N2O2S/c1-19(2)17(21)14-6-3-5-13(11-14)12-18-16(20)9-8-15-7-4-10-22-15/h3-7,10-11H,8-9,12H2,1-2H3,(H,18,20). The smallest absolute Gasteiger partial charge is 0.253 e. The molecule has 0 fully saturated rings. The van der Waals surface area contributed by atoms with Crippen LogP contribution in [-0.2, 0) is 17.8 Å². The molecule has 5 heteroatoms. The van der Waals surface area contributed by atoms with E-state index in [1.54, 1.807) is 36.4 Å². The summed E-state index contributed by atoms with van der Waals surface area (Å²) in [5, 5.41) is 4.91. The van der Waals surface area contributed by atoms with Crippen molar-refractivity contribution in [2.45, 2.75) is 19.4 Å². The number of thiophene rings is 1. The molecule has 0 saturated heterocycles. The molecule has 22 heavy (non-hydrogen) atoms. The lowest BCUT2D eigenvalue weighted by atomic mass is 10.1. The Morgan fingerprint density at radius 2 is 2.00 bits per heavy atom. The number of hydrogen-bond acceptors (Lipinski definition) is 3. The summed E-state index contributed by atoms with van der Waals surface area (Å²) in [4.78, 5) is 26.5. The molecule has 0 atom stereocenters. The van der Waals surface area contributed by atoms with Gasteiger partial charge in [-0.1, -0.05) is 18.2 Å². The molecule has 1 heterocycles. The van der Waals surface area contributed by atoms with Crippen molar-refractivity contribution in [3.8, 4) is 0 Å². The van der Waals surface area contributed by atoms with Crippen molar-refractivity contribution < 1.29 is 9.59 Å². The highest BCUT2D eigenvalue weighted by Crippen LogP contribution is 2.11. The number of rotatable bonds is 6. The predicted molar refractivity (Wildman–Crippen MR) is 88.9 cm³/mol. The normalized spacial score (nSPS) is 10.3. The average molecular weight is 316 g/mol. The first-order chi connectivity index (χ1) is 10.6. The van der Waals surface area contributed by atoms with E-state index in [0.717, 1.165) is 12.0 Å². The third-order valence-corrected chi connectivity index (χ3v) is 4.18. The molecule has 0 radical (unpaired) electrons. The first kappa shape index (κ1) is 16.2. The third-order valence-electron chi connectivity index (χ3n) is 3.25. The molecule has 0 unspecified atom stereocenters. The summed E-state index contributed by atoms with van der Waals surface area (Å²) in [7, 11) is 3.45. The van der Waals surface area contributed by atoms with Gasteiger partial charge < -0.3 is 10.2 Å². The van der Waals surface area contributed by atoms with Gasteiger partial charge in [-0.05, 0) is 35.6 Å². The highest BCUT2D eigenvalue weighted by Gasteiger charge is 2.09. The predicted octanol–water partition coefficient (Wildman–Crippen LogP) is 2.70. The van der Waals surface area contributed by atoms with Crippen LogP contribution in [0.2, 0.25) is 0 Å². The summed E-state index contributed by atoms with van der Waals surface area (Å²) in [5.41, 5.74) is 1.56. The Bertz CT molecular complexity index is 636. The lowest BCUT2D eigenvalue weighted by molar-refractivity contribution is -0.121. The van der Waals surface area contributed by atoms with Crippen molar-refractivity contribution in [1.82, 2.24) is 10.2 Å². The Hall–Kier alpha value is -2.14. The number of carbonyl (C=O) groups excluding carboxylic acids is 2. The van der Waals surface area contributed by atoms with Crippen molar-refractivity contribution in [3.63, 3.8) is 0 Å². The topological polar surface area (TPSA) is 49.4 Å².